The second-order valence-electron chi connectivity index (χ2n) is 6.50. The number of benzene rings is 1. The lowest BCUT2D eigenvalue weighted by Crippen LogP contribution is -2.21. The molecule has 0 saturated heterocycles. The third kappa shape index (κ3) is 3.20. The Labute approximate surface area is 126 Å². The highest BCUT2D eigenvalue weighted by Crippen LogP contribution is 2.30. The van der Waals surface area contributed by atoms with Crippen LogP contribution in [0.25, 0.3) is 16.5 Å². The molecule has 1 aromatic heterocycles. The van der Waals surface area contributed by atoms with Crippen LogP contribution in [0.4, 0.5) is 0 Å². The zero-order chi connectivity index (χ0) is 14.9. The van der Waals surface area contributed by atoms with E-state index in [1.54, 1.807) is 0 Å². The van der Waals surface area contributed by atoms with Gasteiger partial charge in [0.2, 0.25) is 0 Å². The standard InChI is InChI=1S/C18H24N2O/c1-18(2,21)9-12-20-13-16(14-7-10-19-11-8-14)15-5-3-4-6-17(15)20/h3-7,13,19,21H,8-12H2,1-2H3. The molecule has 3 heteroatoms. The zero-order valence-corrected chi connectivity index (χ0v) is 12.9. The van der Waals surface area contributed by atoms with E-state index < -0.39 is 5.60 Å². The number of fused-ring (bicyclic) bond motifs is 1. The third-order valence-electron chi connectivity index (χ3n) is 4.16. The summed E-state index contributed by atoms with van der Waals surface area (Å²) in [5, 5.41) is 14.7. The van der Waals surface area contributed by atoms with Crippen LogP contribution >= 0.6 is 0 Å². The molecule has 0 unspecified atom stereocenters. The molecule has 0 radical (unpaired) electrons. The minimum absolute atomic E-state index is 0.625. The summed E-state index contributed by atoms with van der Waals surface area (Å²) in [4.78, 5) is 0. The molecule has 3 rings (SSSR count). The first-order valence-electron chi connectivity index (χ1n) is 7.75. The van der Waals surface area contributed by atoms with Gasteiger partial charge in [0.25, 0.3) is 0 Å². The predicted molar refractivity (Wildman–Crippen MR) is 88.3 cm³/mol. The van der Waals surface area contributed by atoms with E-state index in [2.05, 4.69) is 46.4 Å². The smallest absolute Gasteiger partial charge is 0.0608 e. The van der Waals surface area contributed by atoms with E-state index >= 15 is 0 Å². The second-order valence-corrected chi connectivity index (χ2v) is 6.50. The van der Waals surface area contributed by atoms with Crippen LogP contribution in [-0.4, -0.2) is 28.4 Å². The first-order valence-corrected chi connectivity index (χ1v) is 7.75. The number of rotatable bonds is 4. The first-order chi connectivity index (χ1) is 10.0. The van der Waals surface area contributed by atoms with Gasteiger partial charge in [-0.15, -0.1) is 0 Å². The quantitative estimate of drug-likeness (QED) is 0.905. The van der Waals surface area contributed by atoms with Gasteiger partial charge in [0.15, 0.2) is 0 Å². The Kier molecular flexibility index (Phi) is 3.87. The molecule has 1 aliphatic heterocycles. The van der Waals surface area contributed by atoms with Crippen molar-refractivity contribution in [3.05, 3.63) is 42.1 Å². The topological polar surface area (TPSA) is 37.2 Å². The average Bonchev–Trinajstić information content (AvgIpc) is 2.84. The molecule has 0 aliphatic carbocycles. The Bertz CT molecular complexity index is 661. The van der Waals surface area contributed by atoms with Gasteiger partial charge in [-0.3, -0.25) is 0 Å². The Morgan fingerprint density at radius 3 is 2.81 bits per heavy atom. The van der Waals surface area contributed by atoms with Crippen LogP contribution in [0.3, 0.4) is 0 Å². The molecular formula is C18H24N2O. The summed E-state index contributed by atoms with van der Waals surface area (Å²) in [5.74, 6) is 0. The fourth-order valence-electron chi connectivity index (χ4n) is 2.95. The maximum Gasteiger partial charge on any atom is 0.0608 e. The molecule has 0 saturated carbocycles. The van der Waals surface area contributed by atoms with Gasteiger partial charge >= 0.3 is 0 Å². The van der Waals surface area contributed by atoms with E-state index in [4.69, 9.17) is 0 Å². The number of aliphatic hydroxyl groups is 1. The van der Waals surface area contributed by atoms with E-state index in [1.165, 1.54) is 22.0 Å². The minimum Gasteiger partial charge on any atom is -0.390 e. The van der Waals surface area contributed by atoms with Crippen molar-refractivity contribution in [1.29, 1.82) is 0 Å². The Hall–Kier alpha value is -1.58. The van der Waals surface area contributed by atoms with Crippen LogP contribution in [0, 0.1) is 0 Å². The summed E-state index contributed by atoms with van der Waals surface area (Å²) in [6.07, 6.45) is 6.39. The zero-order valence-electron chi connectivity index (χ0n) is 12.9. The number of hydrogen-bond donors (Lipinski definition) is 2. The summed E-state index contributed by atoms with van der Waals surface area (Å²) in [6.45, 7) is 6.59. The SMILES string of the molecule is CC(C)(O)CCn1cc(C2=CCNCC2)c2ccccc21. The van der Waals surface area contributed by atoms with Crippen LogP contribution < -0.4 is 5.32 Å². The fourth-order valence-corrected chi connectivity index (χ4v) is 2.95. The van der Waals surface area contributed by atoms with Crippen molar-refractivity contribution in [3.63, 3.8) is 0 Å². The van der Waals surface area contributed by atoms with Gasteiger partial charge in [-0.2, -0.15) is 0 Å². The van der Waals surface area contributed by atoms with Gasteiger partial charge in [-0.1, -0.05) is 24.3 Å². The van der Waals surface area contributed by atoms with E-state index in [0.717, 1.165) is 32.5 Å². The van der Waals surface area contributed by atoms with Gasteiger partial charge in [-0.25, -0.2) is 0 Å². The first kappa shape index (κ1) is 14.4. The minimum atomic E-state index is -0.625. The molecule has 0 amide bonds. The van der Waals surface area contributed by atoms with Crippen LogP contribution in [0.15, 0.2) is 36.5 Å². The van der Waals surface area contributed by atoms with E-state index in [1.807, 2.05) is 13.8 Å². The number of nitrogens with zero attached hydrogens (tertiary/aromatic N) is 1. The molecule has 0 spiro atoms. The third-order valence-corrected chi connectivity index (χ3v) is 4.16. The van der Waals surface area contributed by atoms with Crippen molar-refractivity contribution < 1.29 is 5.11 Å². The maximum absolute atomic E-state index is 9.97. The highest BCUT2D eigenvalue weighted by Gasteiger charge is 2.16. The molecule has 2 heterocycles. The number of nitrogens with one attached hydrogen (secondary N) is 1. The number of aryl methyl sites for hydroxylation is 1. The number of hydrogen-bond acceptors (Lipinski definition) is 2. The highest BCUT2D eigenvalue weighted by atomic mass is 16.3. The van der Waals surface area contributed by atoms with Crippen molar-refractivity contribution in [2.45, 2.75) is 38.8 Å². The summed E-state index contributed by atoms with van der Waals surface area (Å²) < 4.78 is 2.28. The van der Waals surface area contributed by atoms with Crippen LogP contribution in [0.2, 0.25) is 0 Å². The van der Waals surface area contributed by atoms with Gasteiger partial charge in [0.05, 0.1) is 5.60 Å². The Morgan fingerprint density at radius 2 is 2.10 bits per heavy atom. The van der Waals surface area contributed by atoms with E-state index in [9.17, 15) is 5.11 Å². The van der Waals surface area contributed by atoms with Crippen molar-refractivity contribution in [2.24, 2.45) is 0 Å². The molecular weight excluding hydrogens is 260 g/mol. The largest absolute Gasteiger partial charge is 0.390 e. The van der Waals surface area contributed by atoms with Crippen LogP contribution in [-0.2, 0) is 6.54 Å². The molecule has 3 nitrogen and oxygen atoms in total. The van der Waals surface area contributed by atoms with Gasteiger partial charge in [-0.05, 0) is 44.9 Å². The lowest BCUT2D eigenvalue weighted by molar-refractivity contribution is 0.0666. The summed E-state index contributed by atoms with van der Waals surface area (Å²) >= 11 is 0. The lowest BCUT2D eigenvalue weighted by Gasteiger charge is -2.17. The molecule has 1 aliphatic rings. The Morgan fingerprint density at radius 1 is 1.29 bits per heavy atom. The monoisotopic (exact) mass is 284 g/mol. The molecule has 0 atom stereocenters. The fraction of sp³-hybridized carbons (Fsp3) is 0.444. The normalized spacial score (nSPS) is 16.2. The summed E-state index contributed by atoms with van der Waals surface area (Å²) in [6, 6.07) is 8.57. The maximum atomic E-state index is 9.97. The van der Waals surface area contributed by atoms with Crippen molar-refractivity contribution in [3.8, 4) is 0 Å². The molecule has 0 bridgehead atoms. The average molecular weight is 284 g/mol. The van der Waals surface area contributed by atoms with Crippen LogP contribution in [0.5, 0.6) is 0 Å². The van der Waals surface area contributed by atoms with Gasteiger partial charge in [0, 0.05) is 35.8 Å². The van der Waals surface area contributed by atoms with Crippen molar-refractivity contribution in [2.75, 3.05) is 13.1 Å². The molecule has 0 fully saturated rings. The van der Waals surface area contributed by atoms with E-state index in [0.29, 0.717) is 0 Å². The lowest BCUT2D eigenvalue weighted by atomic mass is 10.00. The van der Waals surface area contributed by atoms with Crippen molar-refractivity contribution >= 4 is 16.5 Å². The molecule has 21 heavy (non-hydrogen) atoms. The summed E-state index contributed by atoms with van der Waals surface area (Å²) in [5.41, 5.74) is 3.42. The van der Waals surface area contributed by atoms with Crippen LogP contribution in [0.1, 0.15) is 32.3 Å². The van der Waals surface area contributed by atoms with Crippen molar-refractivity contribution in [1.82, 2.24) is 9.88 Å². The highest BCUT2D eigenvalue weighted by molar-refractivity contribution is 5.93. The number of aromatic nitrogens is 1. The van der Waals surface area contributed by atoms with Gasteiger partial charge in [0.1, 0.15) is 0 Å². The number of para-hydroxylation sites is 1. The predicted octanol–water partition coefficient (Wildman–Crippen LogP) is 3.18. The molecule has 2 N–H and O–H groups in total. The van der Waals surface area contributed by atoms with E-state index in [-0.39, 0.29) is 0 Å². The summed E-state index contributed by atoms with van der Waals surface area (Å²) in [7, 11) is 0. The molecule has 2 aromatic rings. The Balaban J connectivity index is 1.99. The second kappa shape index (κ2) is 5.66. The molecule has 1 aromatic carbocycles. The van der Waals surface area contributed by atoms with Gasteiger partial charge < -0.3 is 15.0 Å². The molecule has 112 valence electrons.